The van der Waals surface area contributed by atoms with Crippen LogP contribution >= 0.6 is 0 Å². The summed E-state index contributed by atoms with van der Waals surface area (Å²) < 4.78 is 0. The van der Waals surface area contributed by atoms with Crippen LogP contribution in [-0.2, 0) is 0 Å². The third-order valence-corrected chi connectivity index (χ3v) is 1.60. The highest BCUT2D eigenvalue weighted by Gasteiger charge is 2.08. The molecule has 64 valence electrons. The van der Waals surface area contributed by atoms with Gasteiger partial charge in [-0.2, -0.15) is 4.79 Å². The monoisotopic (exact) mass is 173 g/mol. The summed E-state index contributed by atoms with van der Waals surface area (Å²) in [7, 11) is 0. The van der Waals surface area contributed by atoms with Crippen LogP contribution in [0.5, 0.6) is 0 Å². The molecule has 13 heavy (non-hydrogen) atoms. The maximum atomic E-state index is 8.53. The number of hydrogen-bond donors (Lipinski definition) is 0. The molecule has 0 N–H and O–H groups in total. The zero-order valence-electron chi connectivity index (χ0n) is 7.05. The van der Waals surface area contributed by atoms with E-state index in [0.29, 0.717) is 17.0 Å². The van der Waals surface area contributed by atoms with Crippen molar-refractivity contribution in [3.63, 3.8) is 0 Å². The van der Waals surface area contributed by atoms with E-state index in [1.807, 2.05) is 0 Å². The van der Waals surface area contributed by atoms with Gasteiger partial charge in [0, 0.05) is 11.8 Å². The molecule has 0 amide bonds. The van der Waals surface area contributed by atoms with Crippen molar-refractivity contribution in [2.45, 2.75) is 6.92 Å². The molecule has 0 unspecified atom stereocenters. The van der Waals surface area contributed by atoms with E-state index < -0.39 is 0 Å². The Morgan fingerprint density at radius 3 is 2.62 bits per heavy atom. The number of nitrogens with zero attached hydrogens (tertiary/aromatic N) is 5. The Morgan fingerprint density at radius 1 is 1.31 bits per heavy atom. The first-order valence-electron chi connectivity index (χ1n) is 3.62. The van der Waals surface area contributed by atoms with E-state index in [1.54, 1.807) is 31.2 Å². The highest BCUT2D eigenvalue weighted by atomic mass is 15.1. The van der Waals surface area contributed by atoms with Crippen LogP contribution in [0.3, 0.4) is 0 Å². The SMILES string of the molecule is CC(=[N+]=[N-])c1ccccc1N=[N+]=[N-]. The summed E-state index contributed by atoms with van der Waals surface area (Å²) in [6.07, 6.45) is 0. The molecule has 1 aromatic carbocycles. The lowest BCUT2D eigenvalue weighted by Crippen LogP contribution is -1.94. The quantitative estimate of drug-likeness (QED) is 0.285. The predicted octanol–water partition coefficient (Wildman–Crippen LogP) is 2.67. The van der Waals surface area contributed by atoms with Crippen LogP contribution in [0.2, 0.25) is 0 Å². The minimum Gasteiger partial charge on any atom is -0.361 e. The predicted molar refractivity (Wildman–Crippen MR) is 48.7 cm³/mol. The Hall–Kier alpha value is -2.09. The van der Waals surface area contributed by atoms with Crippen molar-refractivity contribution in [2.75, 3.05) is 0 Å². The lowest BCUT2D eigenvalue weighted by Gasteiger charge is -1.95. The molecule has 0 spiro atoms. The first-order chi connectivity index (χ1) is 6.29. The third-order valence-electron chi connectivity index (χ3n) is 1.60. The Bertz CT molecular complexity index is 410. The minimum atomic E-state index is 0.419. The second-order valence-electron chi connectivity index (χ2n) is 2.39. The van der Waals surface area contributed by atoms with Crippen molar-refractivity contribution in [2.24, 2.45) is 5.11 Å². The number of benzene rings is 1. The van der Waals surface area contributed by atoms with Gasteiger partial charge in [-0.1, -0.05) is 23.3 Å². The summed E-state index contributed by atoms with van der Waals surface area (Å²) in [4.78, 5) is 5.71. The second kappa shape index (κ2) is 4.07. The lowest BCUT2D eigenvalue weighted by molar-refractivity contribution is -0.00454. The van der Waals surface area contributed by atoms with Crippen molar-refractivity contribution in [1.82, 2.24) is 0 Å². The highest BCUT2D eigenvalue weighted by molar-refractivity contribution is 5.98. The molecule has 0 aliphatic rings. The van der Waals surface area contributed by atoms with Crippen LogP contribution in [-0.4, -0.2) is 10.5 Å². The summed E-state index contributed by atoms with van der Waals surface area (Å²) in [5.74, 6) is 0. The molecule has 0 bridgehead atoms. The van der Waals surface area contributed by atoms with Gasteiger partial charge in [-0.15, -0.1) is 0 Å². The van der Waals surface area contributed by atoms with E-state index in [1.165, 1.54) is 0 Å². The molecule has 5 nitrogen and oxygen atoms in total. The molecule has 0 saturated carbocycles. The molecule has 0 fully saturated rings. The molecule has 1 aromatic rings. The minimum absolute atomic E-state index is 0.419. The standard InChI is InChI=1S/C8H7N5/c1-6(11-9)7-4-2-3-5-8(7)12-13-10/h2-5H,1H3. The van der Waals surface area contributed by atoms with E-state index in [4.69, 9.17) is 11.1 Å². The van der Waals surface area contributed by atoms with Gasteiger partial charge in [0.1, 0.15) is 0 Å². The summed E-state index contributed by atoms with van der Waals surface area (Å²) in [6, 6.07) is 6.90. The number of azide groups is 1. The molecule has 0 aromatic heterocycles. The van der Waals surface area contributed by atoms with Gasteiger partial charge < -0.3 is 5.53 Å². The van der Waals surface area contributed by atoms with Crippen LogP contribution in [0.25, 0.3) is 16.0 Å². The highest BCUT2D eigenvalue weighted by Crippen LogP contribution is 2.18. The van der Waals surface area contributed by atoms with Gasteiger partial charge >= 0.3 is 0 Å². The Balaban J connectivity index is 3.35. The van der Waals surface area contributed by atoms with Crippen LogP contribution < -0.4 is 0 Å². The van der Waals surface area contributed by atoms with E-state index in [2.05, 4.69) is 14.8 Å². The fourth-order valence-corrected chi connectivity index (χ4v) is 0.969. The fraction of sp³-hybridized carbons (Fsp3) is 0.125. The van der Waals surface area contributed by atoms with Crippen molar-refractivity contribution in [1.29, 1.82) is 0 Å². The van der Waals surface area contributed by atoms with Gasteiger partial charge in [-0.05, 0) is 11.6 Å². The molecular weight excluding hydrogens is 166 g/mol. The molecular formula is C8H7N5. The van der Waals surface area contributed by atoms with Crippen molar-refractivity contribution >= 4 is 11.4 Å². The molecule has 0 aliphatic heterocycles. The van der Waals surface area contributed by atoms with Gasteiger partial charge in [0.15, 0.2) is 0 Å². The third kappa shape index (κ3) is 1.93. The normalized spacial score (nSPS) is 8.38. The van der Waals surface area contributed by atoms with Crippen molar-refractivity contribution < 1.29 is 4.79 Å². The maximum Gasteiger partial charge on any atom is 0.296 e. The molecule has 0 heterocycles. The van der Waals surface area contributed by atoms with Gasteiger partial charge in [-0.25, -0.2) is 0 Å². The largest absolute Gasteiger partial charge is 0.361 e. The summed E-state index contributed by atoms with van der Waals surface area (Å²) >= 11 is 0. The number of rotatable bonds is 2. The zero-order valence-corrected chi connectivity index (χ0v) is 7.05. The van der Waals surface area contributed by atoms with E-state index in [9.17, 15) is 0 Å². The van der Waals surface area contributed by atoms with Crippen LogP contribution in [0.4, 0.5) is 5.69 Å². The molecule has 0 atom stereocenters. The Morgan fingerprint density at radius 2 is 2.00 bits per heavy atom. The van der Waals surface area contributed by atoms with Gasteiger partial charge in [0.2, 0.25) is 0 Å². The van der Waals surface area contributed by atoms with Gasteiger partial charge in [0.05, 0.1) is 11.3 Å². The van der Waals surface area contributed by atoms with Crippen molar-refractivity contribution in [3.8, 4) is 0 Å². The van der Waals surface area contributed by atoms with Crippen molar-refractivity contribution in [3.05, 3.63) is 45.8 Å². The van der Waals surface area contributed by atoms with E-state index >= 15 is 0 Å². The van der Waals surface area contributed by atoms with Crippen LogP contribution in [0.1, 0.15) is 12.5 Å². The Labute approximate surface area is 74.9 Å². The summed E-state index contributed by atoms with van der Waals surface area (Å²) in [5.41, 5.74) is 18.3. The summed E-state index contributed by atoms with van der Waals surface area (Å²) in [6.45, 7) is 1.63. The molecule has 0 aliphatic carbocycles. The average Bonchev–Trinajstić information content (AvgIpc) is 2.18. The Kier molecular flexibility index (Phi) is 2.82. The van der Waals surface area contributed by atoms with Gasteiger partial charge in [0.25, 0.3) is 5.71 Å². The number of hydrogen-bond acceptors (Lipinski definition) is 1. The molecule has 0 saturated heterocycles. The molecule has 5 heteroatoms. The second-order valence-corrected chi connectivity index (χ2v) is 2.39. The van der Waals surface area contributed by atoms with E-state index in [-0.39, 0.29) is 0 Å². The summed E-state index contributed by atoms with van der Waals surface area (Å²) in [5, 5.41) is 3.46. The first kappa shape index (κ1) is 9.00. The van der Waals surface area contributed by atoms with Crippen LogP contribution in [0.15, 0.2) is 29.4 Å². The van der Waals surface area contributed by atoms with Gasteiger partial charge in [-0.3, -0.25) is 0 Å². The van der Waals surface area contributed by atoms with E-state index in [0.717, 1.165) is 0 Å². The molecule has 1 rings (SSSR count). The maximum absolute atomic E-state index is 8.53. The fourth-order valence-electron chi connectivity index (χ4n) is 0.969. The van der Waals surface area contributed by atoms with Crippen LogP contribution in [0, 0.1) is 0 Å². The lowest BCUT2D eigenvalue weighted by atomic mass is 10.1. The molecule has 0 radical (unpaired) electrons. The average molecular weight is 173 g/mol. The smallest absolute Gasteiger partial charge is 0.296 e. The first-order valence-corrected chi connectivity index (χ1v) is 3.62. The zero-order chi connectivity index (χ0) is 9.68. The topological polar surface area (TPSA) is 85.2 Å².